The third-order valence-corrected chi connectivity index (χ3v) is 3.54. The van der Waals surface area contributed by atoms with Crippen LogP contribution in [0.5, 0.6) is 0 Å². The summed E-state index contributed by atoms with van der Waals surface area (Å²) in [5, 5.41) is 11.5. The summed E-state index contributed by atoms with van der Waals surface area (Å²) in [6.07, 6.45) is 3.49. The molecule has 0 aliphatic carbocycles. The minimum atomic E-state index is 0.0808. The van der Waals surface area contributed by atoms with Crippen LogP contribution in [-0.2, 0) is 4.79 Å². The van der Waals surface area contributed by atoms with Crippen LogP contribution in [-0.4, -0.2) is 35.7 Å². The van der Waals surface area contributed by atoms with Crippen LogP contribution < -0.4 is 5.32 Å². The van der Waals surface area contributed by atoms with E-state index in [1.165, 1.54) is 24.3 Å². The first-order chi connectivity index (χ1) is 6.83. The fourth-order valence-corrected chi connectivity index (χ4v) is 2.74. The van der Waals surface area contributed by atoms with Crippen molar-refractivity contribution in [2.75, 3.05) is 24.7 Å². The van der Waals surface area contributed by atoms with Crippen molar-refractivity contribution in [1.82, 2.24) is 5.32 Å². The third kappa shape index (κ3) is 4.86. The summed E-state index contributed by atoms with van der Waals surface area (Å²) in [6, 6.07) is 0. The Morgan fingerprint density at radius 3 is 2.79 bits per heavy atom. The summed E-state index contributed by atoms with van der Waals surface area (Å²) >= 11 is 2.00. The van der Waals surface area contributed by atoms with Crippen LogP contribution in [0.1, 0.15) is 25.7 Å². The monoisotopic (exact) mass is 217 g/mol. The number of amides is 1. The number of aliphatic hydroxyl groups is 1. The average molecular weight is 217 g/mol. The molecule has 3 nitrogen and oxygen atoms in total. The Labute approximate surface area is 89.6 Å². The zero-order valence-corrected chi connectivity index (χ0v) is 9.31. The van der Waals surface area contributed by atoms with Gasteiger partial charge in [-0.3, -0.25) is 4.79 Å². The van der Waals surface area contributed by atoms with E-state index in [0.29, 0.717) is 18.8 Å². The minimum absolute atomic E-state index is 0.0808. The van der Waals surface area contributed by atoms with Gasteiger partial charge in [0, 0.05) is 19.6 Å². The Morgan fingerprint density at radius 2 is 2.14 bits per heavy atom. The van der Waals surface area contributed by atoms with Gasteiger partial charge in [-0.2, -0.15) is 11.8 Å². The molecule has 0 aromatic heterocycles. The molecule has 0 aromatic carbocycles. The van der Waals surface area contributed by atoms with Crippen molar-refractivity contribution in [2.24, 2.45) is 5.92 Å². The van der Waals surface area contributed by atoms with Gasteiger partial charge >= 0.3 is 0 Å². The predicted octanol–water partition coefficient (Wildman–Crippen LogP) is 1.02. The van der Waals surface area contributed by atoms with Gasteiger partial charge in [0.05, 0.1) is 0 Å². The average Bonchev–Trinajstić information content (AvgIpc) is 2.25. The summed E-state index contributed by atoms with van der Waals surface area (Å²) in [6.45, 7) is 0.929. The molecule has 0 unspecified atom stereocenters. The molecule has 1 fully saturated rings. The van der Waals surface area contributed by atoms with Crippen molar-refractivity contribution >= 4 is 17.7 Å². The van der Waals surface area contributed by atoms with E-state index in [4.69, 9.17) is 5.11 Å². The van der Waals surface area contributed by atoms with Gasteiger partial charge in [-0.05, 0) is 36.7 Å². The number of aliphatic hydroxyl groups excluding tert-OH is 1. The maximum absolute atomic E-state index is 11.2. The topological polar surface area (TPSA) is 49.3 Å². The van der Waals surface area contributed by atoms with Gasteiger partial charge in [0.25, 0.3) is 0 Å². The highest BCUT2D eigenvalue weighted by atomic mass is 32.2. The van der Waals surface area contributed by atoms with Crippen LogP contribution in [0.2, 0.25) is 0 Å². The number of nitrogens with one attached hydrogen (secondary N) is 1. The highest BCUT2D eigenvalue weighted by Gasteiger charge is 2.14. The smallest absolute Gasteiger partial charge is 0.220 e. The molecule has 1 aliphatic rings. The number of carbonyl (C=O) groups is 1. The molecular formula is C10H19NO2S. The quantitative estimate of drug-likeness (QED) is 0.723. The standard InChI is InChI=1S/C10H19NO2S/c12-5-1-2-10(13)11-8-9-3-6-14-7-4-9/h9,12H,1-8H2,(H,11,13). The minimum Gasteiger partial charge on any atom is -0.396 e. The van der Waals surface area contributed by atoms with Crippen molar-refractivity contribution < 1.29 is 9.90 Å². The highest BCUT2D eigenvalue weighted by Crippen LogP contribution is 2.21. The first-order valence-corrected chi connectivity index (χ1v) is 6.43. The van der Waals surface area contributed by atoms with E-state index in [1.54, 1.807) is 0 Å². The van der Waals surface area contributed by atoms with Gasteiger partial charge in [0.1, 0.15) is 0 Å². The zero-order valence-electron chi connectivity index (χ0n) is 8.50. The first kappa shape index (κ1) is 11.9. The van der Waals surface area contributed by atoms with Crippen LogP contribution in [0.4, 0.5) is 0 Å². The zero-order chi connectivity index (χ0) is 10.2. The van der Waals surface area contributed by atoms with Crippen molar-refractivity contribution in [3.8, 4) is 0 Å². The van der Waals surface area contributed by atoms with Crippen LogP contribution in [0.25, 0.3) is 0 Å². The maximum Gasteiger partial charge on any atom is 0.220 e. The molecule has 0 aromatic rings. The number of hydrogen-bond donors (Lipinski definition) is 2. The maximum atomic E-state index is 11.2. The van der Waals surface area contributed by atoms with Gasteiger partial charge in [-0.25, -0.2) is 0 Å². The van der Waals surface area contributed by atoms with E-state index in [2.05, 4.69) is 5.32 Å². The highest BCUT2D eigenvalue weighted by molar-refractivity contribution is 7.99. The number of hydrogen-bond acceptors (Lipinski definition) is 3. The number of thioether (sulfide) groups is 1. The summed E-state index contributed by atoms with van der Waals surface area (Å²) in [5.41, 5.74) is 0. The lowest BCUT2D eigenvalue weighted by atomic mass is 10.0. The molecule has 0 atom stereocenters. The second-order valence-electron chi connectivity index (χ2n) is 3.69. The summed E-state index contributed by atoms with van der Waals surface area (Å²) in [7, 11) is 0. The van der Waals surface area contributed by atoms with E-state index in [0.717, 1.165) is 6.54 Å². The molecule has 14 heavy (non-hydrogen) atoms. The number of carbonyl (C=O) groups excluding carboxylic acids is 1. The molecule has 1 amide bonds. The Balaban J connectivity index is 2.03. The van der Waals surface area contributed by atoms with E-state index in [9.17, 15) is 4.79 Å². The third-order valence-electron chi connectivity index (χ3n) is 2.49. The fraction of sp³-hybridized carbons (Fsp3) is 0.900. The molecule has 2 N–H and O–H groups in total. The van der Waals surface area contributed by atoms with Crippen LogP contribution in [0.3, 0.4) is 0 Å². The molecule has 1 rings (SSSR count). The summed E-state index contributed by atoms with van der Waals surface area (Å²) in [5.74, 6) is 3.22. The predicted molar refractivity (Wildman–Crippen MR) is 59.4 cm³/mol. The van der Waals surface area contributed by atoms with Crippen molar-refractivity contribution in [3.05, 3.63) is 0 Å². The molecule has 82 valence electrons. The van der Waals surface area contributed by atoms with Crippen LogP contribution >= 0.6 is 11.8 Å². The van der Waals surface area contributed by atoms with E-state index in [1.807, 2.05) is 11.8 Å². The van der Waals surface area contributed by atoms with Crippen molar-refractivity contribution in [2.45, 2.75) is 25.7 Å². The van der Waals surface area contributed by atoms with Gasteiger partial charge in [0.15, 0.2) is 0 Å². The fourth-order valence-electron chi connectivity index (χ4n) is 1.54. The van der Waals surface area contributed by atoms with Crippen molar-refractivity contribution in [3.63, 3.8) is 0 Å². The molecule has 0 saturated carbocycles. The second kappa shape index (κ2) is 7.12. The molecule has 0 bridgehead atoms. The van der Waals surface area contributed by atoms with E-state index >= 15 is 0 Å². The SMILES string of the molecule is O=C(CCCO)NCC1CCSCC1. The molecular weight excluding hydrogens is 198 g/mol. The largest absolute Gasteiger partial charge is 0.396 e. The summed E-state index contributed by atoms with van der Waals surface area (Å²) < 4.78 is 0. The lowest BCUT2D eigenvalue weighted by Gasteiger charge is -2.21. The molecule has 0 spiro atoms. The Bertz CT molecular complexity index is 170. The lowest BCUT2D eigenvalue weighted by Crippen LogP contribution is -2.30. The van der Waals surface area contributed by atoms with Gasteiger partial charge in [-0.15, -0.1) is 0 Å². The van der Waals surface area contributed by atoms with E-state index < -0.39 is 0 Å². The number of rotatable bonds is 5. The summed E-state index contributed by atoms with van der Waals surface area (Å²) in [4.78, 5) is 11.2. The first-order valence-electron chi connectivity index (χ1n) is 5.28. The van der Waals surface area contributed by atoms with E-state index in [-0.39, 0.29) is 12.5 Å². The second-order valence-corrected chi connectivity index (χ2v) is 4.91. The lowest BCUT2D eigenvalue weighted by molar-refractivity contribution is -0.121. The molecule has 0 radical (unpaired) electrons. The van der Waals surface area contributed by atoms with Gasteiger partial charge in [-0.1, -0.05) is 0 Å². The van der Waals surface area contributed by atoms with Gasteiger partial charge in [0.2, 0.25) is 5.91 Å². The van der Waals surface area contributed by atoms with Crippen LogP contribution in [0.15, 0.2) is 0 Å². The van der Waals surface area contributed by atoms with Gasteiger partial charge < -0.3 is 10.4 Å². The Hall–Kier alpha value is -0.220. The molecule has 1 saturated heterocycles. The van der Waals surface area contributed by atoms with Crippen molar-refractivity contribution in [1.29, 1.82) is 0 Å². The van der Waals surface area contributed by atoms with Crippen LogP contribution in [0, 0.1) is 5.92 Å². The Morgan fingerprint density at radius 1 is 1.43 bits per heavy atom. The normalized spacial score (nSPS) is 18.1. The molecule has 1 aliphatic heterocycles. The molecule has 4 heteroatoms. The molecule has 1 heterocycles. The Kier molecular flexibility index (Phi) is 6.03.